The maximum Gasteiger partial charge on any atom is 0.328 e. The van der Waals surface area contributed by atoms with Gasteiger partial charge in [0.15, 0.2) is 0 Å². The molecule has 0 aliphatic heterocycles. The number of hydrogen-bond donors (Lipinski definition) is 1. The minimum Gasteiger partial charge on any atom is -0.478 e. The Hall–Kier alpha value is -1.22. The van der Waals surface area contributed by atoms with Crippen LogP contribution in [-0.2, 0) is 4.79 Å². The van der Waals surface area contributed by atoms with E-state index in [2.05, 4.69) is 12.1 Å². The van der Waals surface area contributed by atoms with Crippen molar-refractivity contribution in [1.29, 1.82) is 0 Å². The first-order valence-electron chi connectivity index (χ1n) is 5.92. The first-order valence-corrected chi connectivity index (χ1v) is 6.80. The van der Waals surface area contributed by atoms with Crippen molar-refractivity contribution in [2.45, 2.75) is 35.8 Å². The van der Waals surface area contributed by atoms with E-state index in [9.17, 15) is 4.79 Å². The average molecular weight is 248 g/mol. The summed E-state index contributed by atoms with van der Waals surface area (Å²) in [5.74, 6) is -0.908. The molecule has 1 aliphatic carbocycles. The van der Waals surface area contributed by atoms with Crippen molar-refractivity contribution in [3.8, 4) is 0 Å². The molecule has 0 atom stereocenters. The molecule has 1 aromatic carbocycles. The van der Waals surface area contributed by atoms with E-state index in [1.165, 1.54) is 36.7 Å². The number of carboxylic acids is 1. The van der Waals surface area contributed by atoms with Gasteiger partial charge in [-0.15, -0.1) is 11.8 Å². The van der Waals surface area contributed by atoms with Crippen LogP contribution >= 0.6 is 11.8 Å². The molecule has 1 aromatic rings. The van der Waals surface area contributed by atoms with Crippen LogP contribution in [0.25, 0.3) is 6.08 Å². The van der Waals surface area contributed by atoms with E-state index in [4.69, 9.17) is 5.11 Å². The average Bonchev–Trinajstić information content (AvgIpc) is 2.81. The van der Waals surface area contributed by atoms with Crippen molar-refractivity contribution in [2.24, 2.45) is 0 Å². The van der Waals surface area contributed by atoms with Crippen molar-refractivity contribution in [3.05, 3.63) is 35.9 Å². The fourth-order valence-corrected chi connectivity index (χ4v) is 3.27. The molecule has 0 bridgehead atoms. The molecular formula is C14H16O2S. The molecule has 0 spiro atoms. The lowest BCUT2D eigenvalue weighted by molar-refractivity contribution is -0.131. The van der Waals surface area contributed by atoms with Crippen LogP contribution in [0.4, 0.5) is 0 Å². The molecule has 17 heavy (non-hydrogen) atoms. The van der Waals surface area contributed by atoms with Crippen LogP contribution in [-0.4, -0.2) is 16.3 Å². The molecule has 2 rings (SSSR count). The second kappa shape index (κ2) is 5.92. The van der Waals surface area contributed by atoms with E-state index in [1.807, 2.05) is 23.9 Å². The van der Waals surface area contributed by atoms with Gasteiger partial charge >= 0.3 is 5.97 Å². The predicted molar refractivity (Wildman–Crippen MR) is 71.2 cm³/mol. The molecule has 90 valence electrons. The van der Waals surface area contributed by atoms with Gasteiger partial charge in [0.1, 0.15) is 0 Å². The number of rotatable bonds is 4. The van der Waals surface area contributed by atoms with Gasteiger partial charge in [0.2, 0.25) is 0 Å². The van der Waals surface area contributed by atoms with Crippen molar-refractivity contribution in [3.63, 3.8) is 0 Å². The van der Waals surface area contributed by atoms with Gasteiger partial charge in [0, 0.05) is 16.2 Å². The smallest absolute Gasteiger partial charge is 0.328 e. The van der Waals surface area contributed by atoms with E-state index in [1.54, 1.807) is 6.08 Å². The zero-order valence-electron chi connectivity index (χ0n) is 9.63. The Morgan fingerprint density at radius 1 is 1.24 bits per heavy atom. The Labute approximate surface area is 106 Å². The molecule has 1 N–H and O–H groups in total. The predicted octanol–water partition coefficient (Wildman–Crippen LogP) is 3.82. The van der Waals surface area contributed by atoms with E-state index >= 15 is 0 Å². The van der Waals surface area contributed by atoms with Crippen molar-refractivity contribution in [2.75, 3.05) is 0 Å². The summed E-state index contributed by atoms with van der Waals surface area (Å²) in [6.07, 6.45) is 8.15. The molecule has 0 amide bonds. The third kappa shape index (κ3) is 3.93. The number of aliphatic carboxylic acids is 1. The summed E-state index contributed by atoms with van der Waals surface area (Å²) in [6, 6.07) is 8.09. The first-order chi connectivity index (χ1) is 8.24. The molecular weight excluding hydrogens is 232 g/mol. The topological polar surface area (TPSA) is 37.3 Å². The molecule has 3 heteroatoms. The van der Waals surface area contributed by atoms with E-state index < -0.39 is 5.97 Å². The first kappa shape index (κ1) is 12.2. The Balaban J connectivity index is 1.95. The minimum absolute atomic E-state index is 0.774. The number of hydrogen-bond acceptors (Lipinski definition) is 2. The second-order valence-corrected chi connectivity index (χ2v) is 5.64. The molecule has 0 radical (unpaired) electrons. The van der Waals surface area contributed by atoms with Gasteiger partial charge in [0.05, 0.1) is 0 Å². The zero-order chi connectivity index (χ0) is 12.1. The van der Waals surface area contributed by atoms with Crippen LogP contribution in [0.1, 0.15) is 31.2 Å². The van der Waals surface area contributed by atoms with Crippen molar-refractivity contribution in [1.82, 2.24) is 0 Å². The summed E-state index contributed by atoms with van der Waals surface area (Å²) in [5, 5.41) is 9.30. The number of carboxylic acid groups (broad SMARTS) is 1. The summed E-state index contributed by atoms with van der Waals surface area (Å²) in [7, 11) is 0. The molecule has 1 fully saturated rings. The minimum atomic E-state index is -0.908. The second-order valence-electron chi connectivity index (χ2n) is 4.26. The fraction of sp³-hybridized carbons (Fsp3) is 0.357. The van der Waals surface area contributed by atoms with Crippen LogP contribution in [0.2, 0.25) is 0 Å². The van der Waals surface area contributed by atoms with Crippen LogP contribution in [0, 0.1) is 0 Å². The summed E-state index contributed by atoms with van der Waals surface area (Å²) < 4.78 is 0. The largest absolute Gasteiger partial charge is 0.478 e. The van der Waals surface area contributed by atoms with Crippen molar-refractivity contribution < 1.29 is 9.90 Å². The Kier molecular flexibility index (Phi) is 4.26. The lowest BCUT2D eigenvalue weighted by atomic mass is 10.2. The third-order valence-corrected chi connectivity index (χ3v) is 4.25. The Morgan fingerprint density at radius 2 is 1.88 bits per heavy atom. The third-order valence-electron chi connectivity index (χ3n) is 2.90. The van der Waals surface area contributed by atoms with Gasteiger partial charge in [-0.2, -0.15) is 0 Å². The van der Waals surface area contributed by atoms with E-state index in [0.717, 1.165) is 10.8 Å². The zero-order valence-corrected chi connectivity index (χ0v) is 10.5. The number of thioether (sulfide) groups is 1. The van der Waals surface area contributed by atoms with Gasteiger partial charge in [-0.1, -0.05) is 25.0 Å². The van der Waals surface area contributed by atoms with Crippen LogP contribution in [0.15, 0.2) is 35.2 Å². The van der Waals surface area contributed by atoms with Gasteiger partial charge in [0.25, 0.3) is 0 Å². The number of carbonyl (C=O) groups is 1. The summed E-state index contributed by atoms with van der Waals surface area (Å²) >= 11 is 1.94. The van der Waals surface area contributed by atoms with Crippen LogP contribution in [0.5, 0.6) is 0 Å². The highest BCUT2D eigenvalue weighted by Gasteiger charge is 2.15. The summed E-state index contributed by atoms with van der Waals surface area (Å²) in [6.45, 7) is 0. The highest BCUT2D eigenvalue weighted by Crippen LogP contribution is 2.34. The SMILES string of the molecule is O=C(O)/C=C/c1ccc(SC2CCCC2)cc1. The quantitative estimate of drug-likeness (QED) is 0.823. The molecule has 0 unspecified atom stereocenters. The van der Waals surface area contributed by atoms with E-state index in [-0.39, 0.29) is 0 Å². The molecule has 0 heterocycles. The monoisotopic (exact) mass is 248 g/mol. The van der Waals surface area contributed by atoms with Gasteiger partial charge < -0.3 is 5.11 Å². The molecule has 0 saturated heterocycles. The highest BCUT2D eigenvalue weighted by atomic mass is 32.2. The van der Waals surface area contributed by atoms with Gasteiger partial charge in [-0.3, -0.25) is 0 Å². The summed E-state index contributed by atoms with van der Waals surface area (Å²) in [4.78, 5) is 11.7. The molecule has 2 nitrogen and oxygen atoms in total. The molecule has 1 aliphatic rings. The lowest BCUT2D eigenvalue weighted by Gasteiger charge is -2.08. The highest BCUT2D eigenvalue weighted by molar-refractivity contribution is 8.00. The Morgan fingerprint density at radius 3 is 2.47 bits per heavy atom. The maximum atomic E-state index is 10.4. The number of benzene rings is 1. The van der Waals surface area contributed by atoms with Crippen molar-refractivity contribution >= 4 is 23.8 Å². The van der Waals surface area contributed by atoms with Gasteiger partial charge in [-0.25, -0.2) is 4.79 Å². The van der Waals surface area contributed by atoms with E-state index in [0.29, 0.717) is 0 Å². The lowest BCUT2D eigenvalue weighted by Crippen LogP contribution is -1.92. The van der Waals surface area contributed by atoms with Crippen LogP contribution < -0.4 is 0 Å². The fourth-order valence-electron chi connectivity index (χ4n) is 2.02. The molecule has 0 aromatic heterocycles. The maximum absolute atomic E-state index is 10.4. The van der Waals surface area contributed by atoms with Crippen LogP contribution in [0.3, 0.4) is 0 Å². The van der Waals surface area contributed by atoms with Gasteiger partial charge in [-0.05, 0) is 36.6 Å². The normalized spacial score (nSPS) is 16.7. The summed E-state index contributed by atoms with van der Waals surface area (Å²) in [5.41, 5.74) is 0.933. The molecule has 1 saturated carbocycles. The Bertz CT molecular complexity index is 403. The standard InChI is InChI=1S/C14H16O2S/c15-14(16)10-7-11-5-8-13(9-6-11)17-12-3-1-2-4-12/h5-10,12H,1-4H2,(H,15,16)/b10-7+.